The molecule has 36 heavy (non-hydrogen) atoms. The molecule has 0 spiro atoms. The smallest absolute Gasteiger partial charge is 0.307 e. The number of anilines is 2. The van der Waals surface area contributed by atoms with Gasteiger partial charge >= 0.3 is 5.97 Å². The van der Waals surface area contributed by atoms with Crippen LogP contribution in [0.3, 0.4) is 0 Å². The number of hydrogen-bond donors (Lipinski definition) is 3. The molecule has 0 bridgehead atoms. The Labute approximate surface area is 212 Å². The molecule has 0 unspecified atom stereocenters. The molecule has 1 aliphatic rings. The number of piperazine rings is 1. The number of benzene rings is 3. The molecular formula is C26H25ClFN5O3. The highest BCUT2D eigenvalue weighted by molar-refractivity contribution is 6.35. The van der Waals surface area contributed by atoms with Gasteiger partial charge in [0.15, 0.2) is 5.82 Å². The summed E-state index contributed by atoms with van der Waals surface area (Å²) in [6.45, 7) is 3.14. The van der Waals surface area contributed by atoms with Gasteiger partial charge in [0.05, 0.1) is 18.6 Å². The van der Waals surface area contributed by atoms with Crippen LogP contribution >= 0.6 is 11.6 Å². The van der Waals surface area contributed by atoms with E-state index in [9.17, 15) is 9.90 Å². The van der Waals surface area contributed by atoms with E-state index >= 15 is 4.39 Å². The Balaban J connectivity index is 1.69. The van der Waals surface area contributed by atoms with Crippen LogP contribution in [0.25, 0.3) is 32.8 Å². The molecule has 4 aromatic rings. The molecule has 10 heteroatoms. The van der Waals surface area contributed by atoms with E-state index in [4.69, 9.17) is 11.6 Å². The molecule has 0 radical (unpaired) electrons. The van der Waals surface area contributed by atoms with Gasteiger partial charge < -0.3 is 25.4 Å². The Morgan fingerprint density at radius 1 is 1.19 bits per heavy atom. The maximum Gasteiger partial charge on any atom is 0.307 e. The van der Waals surface area contributed by atoms with Gasteiger partial charge in [0.25, 0.3) is 0 Å². The molecule has 3 aromatic carbocycles. The number of fused-ring (bicyclic) bond motifs is 2. The van der Waals surface area contributed by atoms with E-state index < -0.39 is 5.82 Å². The fraction of sp³-hybridized carbons (Fsp3) is 0.269. The number of hydrogen-bond acceptors (Lipinski definition) is 8. The first-order valence-electron chi connectivity index (χ1n) is 11.6. The summed E-state index contributed by atoms with van der Waals surface area (Å²) in [5.74, 6) is -0.207. The SMILES string of the molecule is COC(=O)CCNc1nc(N2CCNCC2)c2cc(Cl)c(-c3cc(O)cc4ccccc34)c(F)c2n1. The molecule has 0 amide bonds. The van der Waals surface area contributed by atoms with Crippen molar-refractivity contribution in [1.82, 2.24) is 15.3 Å². The van der Waals surface area contributed by atoms with Gasteiger partial charge in [-0.2, -0.15) is 4.98 Å². The number of esters is 1. The van der Waals surface area contributed by atoms with Crippen molar-refractivity contribution >= 4 is 51.0 Å². The van der Waals surface area contributed by atoms with Crippen molar-refractivity contribution in [1.29, 1.82) is 0 Å². The molecule has 1 saturated heterocycles. The largest absolute Gasteiger partial charge is 0.508 e. The van der Waals surface area contributed by atoms with E-state index in [-0.39, 0.29) is 46.7 Å². The summed E-state index contributed by atoms with van der Waals surface area (Å²) < 4.78 is 21.0. The van der Waals surface area contributed by atoms with Gasteiger partial charge in [0.1, 0.15) is 17.1 Å². The topological polar surface area (TPSA) is 99.6 Å². The molecule has 0 aliphatic carbocycles. The Morgan fingerprint density at radius 2 is 1.97 bits per heavy atom. The van der Waals surface area contributed by atoms with Crippen LogP contribution in [0, 0.1) is 5.82 Å². The fourth-order valence-corrected chi connectivity index (χ4v) is 4.80. The summed E-state index contributed by atoms with van der Waals surface area (Å²) in [5.41, 5.74) is 0.727. The zero-order valence-electron chi connectivity index (χ0n) is 19.6. The number of carbonyl (C=O) groups excluding carboxylic acids is 1. The first kappa shape index (κ1) is 24.0. The van der Waals surface area contributed by atoms with Gasteiger partial charge in [-0.1, -0.05) is 35.9 Å². The van der Waals surface area contributed by atoms with E-state index in [0.717, 1.165) is 23.9 Å². The zero-order chi connectivity index (χ0) is 25.2. The summed E-state index contributed by atoms with van der Waals surface area (Å²) in [4.78, 5) is 22.7. The van der Waals surface area contributed by atoms with Gasteiger partial charge in [-0.05, 0) is 34.5 Å². The molecule has 1 aromatic heterocycles. The Kier molecular flexibility index (Phi) is 6.75. The lowest BCUT2D eigenvalue weighted by atomic mass is 9.96. The first-order valence-corrected chi connectivity index (χ1v) is 12.0. The molecule has 0 atom stereocenters. The average molecular weight is 510 g/mol. The van der Waals surface area contributed by atoms with Gasteiger partial charge in [-0.15, -0.1) is 0 Å². The van der Waals surface area contributed by atoms with Crippen LogP contribution in [0.2, 0.25) is 5.02 Å². The lowest BCUT2D eigenvalue weighted by Gasteiger charge is -2.29. The molecule has 5 rings (SSSR count). The lowest BCUT2D eigenvalue weighted by molar-refractivity contribution is -0.140. The molecular weight excluding hydrogens is 485 g/mol. The number of aromatic hydroxyl groups is 1. The van der Waals surface area contributed by atoms with E-state index in [1.165, 1.54) is 13.2 Å². The summed E-state index contributed by atoms with van der Waals surface area (Å²) in [6.07, 6.45) is 0.116. The third-order valence-corrected chi connectivity index (χ3v) is 6.53. The number of rotatable bonds is 6. The monoisotopic (exact) mass is 509 g/mol. The second-order valence-electron chi connectivity index (χ2n) is 8.52. The van der Waals surface area contributed by atoms with Crippen LogP contribution in [0.15, 0.2) is 42.5 Å². The lowest BCUT2D eigenvalue weighted by Crippen LogP contribution is -2.44. The minimum absolute atomic E-state index is 0.00798. The highest BCUT2D eigenvalue weighted by Crippen LogP contribution is 2.42. The highest BCUT2D eigenvalue weighted by Gasteiger charge is 2.24. The van der Waals surface area contributed by atoms with Crippen molar-refractivity contribution in [3.05, 3.63) is 53.3 Å². The summed E-state index contributed by atoms with van der Waals surface area (Å²) >= 11 is 6.71. The minimum Gasteiger partial charge on any atom is -0.508 e. The van der Waals surface area contributed by atoms with Gasteiger partial charge in [0.2, 0.25) is 5.95 Å². The Morgan fingerprint density at radius 3 is 2.75 bits per heavy atom. The highest BCUT2D eigenvalue weighted by atomic mass is 35.5. The van der Waals surface area contributed by atoms with Crippen LogP contribution in [-0.4, -0.2) is 60.9 Å². The van der Waals surface area contributed by atoms with Crippen molar-refractivity contribution in [2.45, 2.75) is 6.42 Å². The van der Waals surface area contributed by atoms with Crippen LogP contribution in [0.5, 0.6) is 5.75 Å². The number of ether oxygens (including phenoxy) is 1. The molecule has 186 valence electrons. The number of nitrogens with one attached hydrogen (secondary N) is 2. The van der Waals surface area contributed by atoms with Crippen molar-refractivity contribution in [3.63, 3.8) is 0 Å². The average Bonchev–Trinajstić information content (AvgIpc) is 2.89. The predicted octanol–water partition coefficient (Wildman–Crippen LogP) is 4.33. The molecule has 3 N–H and O–H groups in total. The second-order valence-corrected chi connectivity index (χ2v) is 8.93. The third kappa shape index (κ3) is 4.59. The molecule has 8 nitrogen and oxygen atoms in total. The number of halogens is 2. The Hall–Kier alpha value is -3.69. The quantitative estimate of drug-likeness (QED) is 0.330. The number of nitrogens with zero attached hydrogens (tertiary/aromatic N) is 3. The van der Waals surface area contributed by atoms with Crippen molar-refractivity contribution in [2.75, 3.05) is 50.1 Å². The molecule has 1 aliphatic heterocycles. The molecule has 1 fully saturated rings. The van der Waals surface area contributed by atoms with Crippen molar-refractivity contribution in [2.24, 2.45) is 0 Å². The van der Waals surface area contributed by atoms with Gasteiger partial charge in [0, 0.05) is 43.7 Å². The molecule has 2 heterocycles. The number of methoxy groups -OCH3 is 1. The van der Waals surface area contributed by atoms with E-state index in [2.05, 4.69) is 30.2 Å². The Bertz CT molecular complexity index is 1460. The van der Waals surface area contributed by atoms with E-state index in [1.54, 1.807) is 12.1 Å². The van der Waals surface area contributed by atoms with E-state index in [1.807, 2.05) is 24.3 Å². The van der Waals surface area contributed by atoms with Crippen molar-refractivity contribution < 1.29 is 19.0 Å². The van der Waals surface area contributed by atoms with Crippen LogP contribution in [0.1, 0.15) is 6.42 Å². The number of aromatic nitrogens is 2. The standard InChI is InChI=1S/C26H25ClFN5O3/c1-36-21(35)6-7-30-26-31-24-19(25(32-26)33-10-8-29-9-11-33)14-20(27)22(23(24)28)18-13-16(34)12-15-4-2-3-5-17(15)18/h2-5,12-14,29,34H,6-11H2,1H3,(H,30,31,32). The summed E-state index contributed by atoms with van der Waals surface area (Å²) in [6, 6.07) is 12.2. The summed E-state index contributed by atoms with van der Waals surface area (Å²) in [5, 5.41) is 18.9. The normalized spacial score (nSPS) is 13.8. The predicted molar refractivity (Wildman–Crippen MR) is 139 cm³/mol. The molecule has 0 saturated carbocycles. The number of phenols is 1. The zero-order valence-corrected chi connectivity index (χ0v) is 20.4. The summed E-state index contributed by atoms with van der Waals surface area (Å²) in [7, 11) is 1.32. The maximum atomic E-state index is 16.3. The first-order chi connectivity index (χ1) is 17.5. The van der Waals surface area contributed by atoms with Crippen LogP contribution in [0.4, 0.5) is 16.2 Å². The van der Waals surface area contributed by atoms with Gasteiger partial charge in [-0.25, -0.2) is 9.37 Å². The minimum atomic E-state index is -0.608. The van der Waals surface area contributed by atoms with Crippen LogP contribution in [-0.2, 0) is 9.53 Å². The van der Waals surface area contributed by atoms with Gasteiger partial charge in [-0.3, -0.25) is 4.79 Å². The van der Waals surface area contributed by atoms with E-state index in [0.29, 0.717) is 29.9 Å². The fourth-order valence-electron chi connectivity index (χ4n) is 4.50. The third-order valence-electron chi connectivity index (χ3n) is 6.24. The maximum absolute atomic E-state index is 16.3. The van der Waals surface area contributed by atoms with Crippen LogP contribution < -0.4 is 15.5 Å². The van der Waals surface area contributed by atoms with Crippen molar-refractivity contribution in [3.8, 4) is 16.9 Å². The number of carbonyl (C=O) groups is 1. The number of phenolic OH excluding ortho intramolecular Hbond substituents is 1. The second kappa shape index (κ2) is 10.1.